The number of carbonyl (C=O) groups excluding carboxylic acids is 3. The third-order valence-corrected chi connectivity index (χ3v) is 7.09. The molecule has 2 aromatic carbocycles. The molecule has 8 heteroatoms. The van der Waals surface area contributed by atoms with E-state index in [1.165, 1.54) is 13.2 Å². The van der Waals surface area contributed by atoms with Crippen molar-refractivity contribution in [3.8, 4) is 0 Å². The summed E-state index contributed by atoms with van der Waals surface area (Å²) >= 11 is 6.17. The lowest BCUT2D eigenvalue weighted by atomic mass is 9.98. The molecule has 1 aliphatic heterocycles. The first-order valence-corrected chi connectivity index (χ1v) is 12.9. The number of amides is 1. The number of hydrogen-bond acceptors (Lipinski definition) is 5. The highest BCUT2D eigenvalue weighted by Crippen LogP contribution is 2.30. The van der Waals surface area contributed by atoms with Crippen molar-refractivity contribution >= 4 is 35.1 Å². The molecular formula is C28H36ClN2O5+. The van der Waals surface area contributed by atoms with Gasteiger partial charge in [-0.3, -0.25) is 4.79 Å². The zero-order valence-electron chi connectivity index (χ0n) is 21.3. The second-order valence-corrected chi connectivity index (χ2v) is 9.90. The highest BCUT2D eigenvalue weighted by atomic mass is 35.5. The molecule has 0 spiro atoms. The Kier molecular flexibility index (Phi) is 9.90. The van der Waals surface area contributed by atoms with Crippen LogP contribution in [0.3, 0.4) is 0 Å². The minimum Gasteiger partial charge on any atom is -0.465 e. The van der Waals surface area contributed by atoms with Crippen LogP contribution in [0.15, 0.2) is 42.5 Å². The lowest BCUT2D eigenvalue weighted by molar-refractivity contribution is -0.940. The smallest absolute Gasteiger partial charge is 0.362 e. The topological polar surface area (TPSA) is 81.7 Å². The van der Waals surface area contributed by atoms with Gasteiger partial charge in [0.1, 0.15) is 6.61 Å². The average Bonchev–Trinajstić information content (AvgIpc) is 2.88. The number of rotatable bonds is 10. The number of piperidine rings is 1. The summed E-state index contributed by atoms with van der Waals surface area (Å²) in [6.45, 7) is 5.60. The van der Waals surface area contributed by atoms with Gasteiger partial charge in [0.2, 0.25) is 0 Å². The molecular weight excluding hydrogens is 480 g/mol. The van der Waals surface area contributed by atoms with Gasteiger partial charge in [0.05, 0.1) is 31.5 Å². The van der Waals surface area contributed by atoms with Crippen molar-refractivity contribution in [2.45, 2.75) is 58.6 Å². The molecule has 1 unspecified atom stereocenters. The van der Waals surface area contributed by atoms with E-state index in [9.17, 15) is 14.4 Å². The predicted octanol–water partition coefficient (Wildman–Crippen LogP) is 5.29. The molecule has 1 fully saturated rings. The Bertz CT molecular complexity index is 1070. The van der Waals surface area contributed by atoms with E-state index >= 15 is 0 Å². The van der Waals surface area contributed by atoms with Crippen molar-refractivity contribution < 1.29 is 28.3 Å². The van der Waals surface area contributed by atoms with E-state index in [0.29, 0.717) is 27.2 Å². The first kappa shape index (κ1) is 27.7. The van der Waals surface area contributed by atoms with Gasteiger partial charge >= 0.3 is 11.9 Å². The van der Waals surface area contributed by atoms with Crippen molar-refractivity contribution in [1.29, 1.82) is 0 Å². The molecule has 1 atom stereocenters. The number of benzene rings is 2. The Morgan fingerprint density at radius 2 is 1.78 bits per heavy atom. The molecule has 0 aliphatic carbocycles. The molecule has 36 heavy (non-hydrogen) atoms. The van der Waals surface area contributed by atoms with Crippen LogP contribution in [-0.2, 0) is 25.7 Å². The number of quaternary nitrogens is 1. The minimum atomic E-state index is -0.575. The summed E-state index contributed by atoms with van der Waals surface area (Å²) in [5, 5.41) is 3.38. The fourth-order valence-corrected chi connectivity index (χ4v) is 5.35. The first-order chi connectivity index (χ1) is 17.3. The molecule has 1 heterocycles. The number of nitrogens with zero attached hydrogens (tertiary/aromatic N) is 1. The van der Waals surface area contributed by atoms with E-state index in [0.717, 1.165) is 44.3 Å². The molecule has 194 valence electrons. The quantitative estimate of drug-likeness (QED) is 0.343. The van der Waals surface area contributed by atoms with Crippen LogP contribution in [0.5, 0.6) is 0 Å². The van der Waals surface area contributed by atoms with E-state index in [1.54, 1.807) is 13.0 Å². The van der Waals surface area contributed by atoms with Gasteiger partial charge in [0.25, 0.3) is 5.91 Å². The lowest BCUT2D eigenvalue weighted by Gasteiger charge is -2.45. The zero-order valence-corrected chi connectivity index (χ0v) is 22.1. The Hall–Kier alpha value is -2.90. The van der Waals surface area contributed by atoms with E-state index in [-0.39, 0.29) is 30.6 Å². The normalized spacial score (nSPS) is 15.6. The Morgan fingerprint density at radius 1 is 1.08 bits per heavy atom. The van der Waals surface area contributed by atoms with Crippen molar-refractivity contribution in [1.82, 2.24) is 0 Å². The third kappa shape index (κ3) is 6.86. The van der Waals surface area contributed by atoms with Gasteiger partial charge in [-0.1, -0.05) is 48.9 Å². The zero-order chi connectivity index (χ0) is 26.1. The first-order valence-electron chi connectivity index (χ1n) is 12.5. The highest BCUT2D eigenvalue weighted by molar-refractivity contribution is 6.31. The predicted molar refractivity (Wildman–Crippen MR) is 140 cm³/mol. The molecule has 0 bridgehead atoms. The maximum atomic E-state index is 13.8. The Labute approximate surface area is 218 Å². The van der Waals surface area contributed by atoms with Gasteiger partial charge in [-0.15, -0.1) is 0 Å². The Morgan fingerprint density at radius 3 is 2.42 bits per heavy atom. The molecule has 1 N–H and O–H groups in total. The van der Waals surface area contributed by atoms with E-state index in [1.807, 2.05) is 37.3 Å². The molecule has 1 amide bonds. The SMILES string of the molecule is CCCC(C(=O)Nc1c(C)cc(Cl)cc1C(=O)OC)[N+]1(CC(=O)OCc2ccccc2)CCCCC1. The van der Waals surface area contributed by atoms with Gasteiger partial charge < -0.3 is 19.3 Å². The van der Waals surface area contributed by atoms with Crippen LogP contribution < -0.4 is 5.32 Å². The molecule has 1 aliphatic rings. The lowest BCUT2D eigenvalue weighted by Crippen LogP contribution is -2.64. The van der Waals surface area contributed by atoms with Crippen molar-refractivity contribution in [2.75, 3.05) is 32.1 Å². The number of likely N-dealkylation sites (tertiary alicyclic amines) is 1. The number of nitrogens with one attached hydrogen (secondary N) is 1. The molecule has 3 rings (SSSR count). The summed E-state index contributed by atoms with van der Waals surface area (Å²) in [7, 11) is 1.29. The summed E-state index contributed by atoms with van der Waals surface area (Å²) in [4.78, 5) is 39.2. The van der Waals surface area contributed by atoms with E-state index in [2.05, 4.69) is 5.32 Å². The monoisotopic (exact) mass is 515 g/mol. The molecule has 0 radical (unpaired) electrons. The molecule has 0 aromatic heterocycles. The van der Waals surface area contributed by atoms with Crippen LogP contribution in [-0.4, -0.2) is 55.1 Å². The van der Waals surface area contributed by atoms with Crippen LogP contribution in [0.25, 0.3) is 0 Å². The van der Waals surface area contributed by atoms with Crippen molar-refractivity contribution in [3.05, 3.63) is 64.2 Å². The largest absolute Gasteiger partial charge is 0.465 e. The second-order valence-electron chi connectivity index (χ2n) is 9.46. The second kappa shape index (κ2) is 12.9. The number of hydrogen-bond donors (Lipinski definition) is 1. The summed E-state index contributed by atoms with van der Waals surface area (Å²) < 4.78 is 10.9. The maximum absolute atomic E-state index is 13.8. The van der Waals surface area contributed by atoms with Crippen LogP contribution in [0.1, 0.15) is 60.5 Å². The highest BCUT2D eigenvalue weighted by Gasteiger charge is 2.44. The summed E-state index contributed by atoms with van der Waals surface area (Å²) in [6, 6.07) is 12.3. The number of carbonyl (C=O) groups is 3. The summed E-state index contributed by atoms with van der Waals surface area (Å²) in [5.41, 5.74) is 2.18. The van der Waals surface area contributed by atoms with Gasteiger partial charge in [-0.2, -0.15) is 0 Å². The maximum Gasteiger partial charge on any atom is 0.362 e. The molecule has 2 aromatic rings. The van der Waals surface area contributed by atoms with E-state index < -0.39 is 12.0 Å². The molecule has 0 saturated carbocycles. The summed E-state index contributed by atoms with van der Waals surface area (Å²) in [5.74, 6) is -1.10. The van der Waals surface area contributed by atoms with Gasteiger partial charge in [0.15, 0.2) is 12.6 Å². The van der Waals surface area contributed by atoms with Crippen molar-refractivity contribution in [2.24, 2.45) is 0 Å². The average molecular weight is 516 g/mol. The standard InChI is InChI=1S/C28H35ClN2O5/c1-4-11-24(27(33)30-26-20(2)16-22(29)17-23(26)28(34)35-3)31(14-9-6-10-15-31)18-25(32)36-19-21-12-7-5-8-13-21/h5,7-8,12-13,16-17,24H,4,6,9-11,14-15,18-19H2,1-3H3/p+1. The van der Waals surface area contributed by atoms with Crippen LogP contribution in [0, 0.1) is 6.92 Å². The number of anilines is 1. The molecule has 7 nitrogen and oxygen atoms in total. The number of halogens is 1. The van der Waals surface area contributed by atoms with E-state index in [4.69, 9.17) is 21.1 Å². The fraction of sp³-hybridized carbons (Fsp3) is 0.464. The number of methoxy groups -OCH3 is 1. The third-order valence-electron chi connectivity index (χ3n) is 6.87. The van der Waals surface area contributed by atoms with Crippen LogP contribution in [0.4, 0.5) is 5.69 Å². The van der Waals surface area contributed by atoms with Gasteiger partial charge in [0, 0.05) is 11.4 Å². The molecule has 1 saturated heterocycles. The van der Waals surface area contributed by atoms with Gasteiger partial charge in [-0.05, 0) is 55.9 Å². The number of aryl methyl sites for hydroxylation is 1. The summed E-state index contributed by atoms with van der Waals surface area (Å²) in [6.07, 6.45) is 4.33. The van der Waals surface area contributed by atoms with Crippen molar-refractivity contribution in [3.63, 3.8) is 0 Å². The number of esters is 2. The Balaban J connectivity index is 1.85. The van der Waals surface area contributed by atoms with Gasteiger partial charge in [-0.25, -0.2) is 9.59 Å². The van der Waals surface area contributed by atoms with Crippen LogP contribution >= 0.6 is 11.6 Å². The fourth-order valence-electron chi connectivity index (χ4n) is 5.08. The van der Waals surface area contributed by atoms with Crippen LogP contribution in [0.2, 0.25) is 5.02 Å². The minimum absolute atomic E-state index is 0.133. The number of ether oxygens (including phenoxy) is 2.